The van der Waals surface area contributed by atoms with Crippen LogP contribution in [0.25, 0.3) is 0 Å². The summed E-state index contributed by atoms with van der Waals surface area (Å²) in [6, 6.07) is 4.98. The first-order chi connectivity index (χ1) is 9.36. The molecule has 1 aliphatic rings. The molecule has 1 saturated heterocycles. The number of aryl methyl sites for hydroxylation is 1. The zero-order valence-electron chi connectivity index (χ0n) is 12.3. The highest BCUT2D eigenvalue weighted by Crippen LogP contribution is 2.29. The summed E-state index contributed by atoms with van der Waals surface area (Å²) >= 11 is 0. The van der Waals surface area contributed by atoms with Gasteiger partial charge < -0.3 is 5.11 Å². The molecule has 0 amide bonds. The molecule has 1 fully saturated rings. The number of hydrogen-bond donors (Lipinski definition) is 1. The normalized spacial score (nSPS) is 20.8. The molecule has 0 spiro atoms. The van der Waals surface area contributed by atoms with Crippen LogP contribution in [0.1, 0.15) is 31.4 Å². The van der Waals surface area contributed by atoms with Gasteiger partial charge in [0.2, 0.25) is 10.0 Å². The predicted octanol–water partition coefficient (Wildman–Crippen LogP) is 2.15. The minimum atomic E-state index is -3.43. The summed E-state index contributed by atoms with van der Waals surface area (Å²) < 4.78 is 26.8. The Morgan fingerprint density at radius 3 is 2.65 bits per heavy atom. The number of nitrogens with zero attached hydrogens (tertiary/aromatic N) is 1. The Labute approximate surface area is 121 Å². The van der Waals surface area contributed by atoms with E-state index >= 15 is 0 Å². The number of aliphatic hydroxyl groups is 1. The van der Waals surface area contributed by atoms with E-state index in [0.717, 1.165) is 12.0 Å². The van der Waals surface area contributed by atoms with E-state index in [-0.39, 0.29) is 11.5 Å². The Kier molecular flexibility index (Phi) is 4.52. The summed E-state index contributed by atoms with van der Waals surface area (Å²) in [7, 11) is -3.43. The lowest BCUT2D eigenvalue weighted by molar-refractivity contribution is 0.280. The van der Waals surface area contributed by atoms with E-state index in [1.807, 2.05) is 6.92 Å². The second-order valence-corrected chi connectivity index (χ2v) is 7.84. The Balaban J connectivity index is 2.27. The van der Waals surface area contributed by atoms with Crippen molar-refractivity contribution in [1.29, 1.82) is 0 Å². The highest BCUT2D eigenvalue weighted by molar-refractivity contribution is 7.89. The molecular formula is C15H23NO3S. The van der Waals surface area contributed by atoms with Gasteiger partial charge in [0.05, 0.1) is 11.5 Å². The lowest BCUT2D eigenvalue weighted by atomic mass is 9.96. The molecule has 4 nitrogen and oxygen atoms in total. The molecule has 0 saturated carbocycles. The third-order valence-electron chi connectivity index (χ3n) is 4.26. The van der Waals surface area contributed by atoms with Gasteiger partial charge in [-0.15, -0.1) is 0 Å². The topological polar surface area (TPSA) is 57.6 Å². The maximum atomic E-state index is 12.6. The van der Waals surface area contributed by atoms with Crippen LogP contribution in [0, 0.1) is 18.8 Å². The summed E-state index contributed by atoms with van der Waals surface area (Å²) in [5.41, 5.74) is 1.58. The largest absolute Gasteiger partial charge is 0.392 e. The molecule has 2 rings (SSSR count). The summed E-state index contributed by atoms with van der Waals surface area (Å²) in [5, 5.41) is 9.28. The Morgan fingerprint density at radius 1 is 1.40 bits per heavy atom. The van der Waals surface area contributed by atoms with Crippen molar-refractivity contribution in [3.63, 3.8) is 0 Å². The van der Waals surface area contributed by atoms with Crippen LogP contribution in [0.4, 0.5) is 0 Å². The smallest absolute Gasteiger partial charge is 0.243 e. The quantitative estimate of drug-likeness (QED) is 0.926. The van der Waals surface area contributed by atoms with Crippen LogP contribution < -0.4 is 0 Å². The average molecular weight is 297 g/mol. The highest BCUT2D eigenvalue weighted by Gasteiger charge is 2.33. The zero-order valence-corrected chi connectivity index (χ0v) is 13.2. The van der Waals surface area contributed by atoms with Crippen LogP contribution in [0.2, 0.25) is 0 Å². The lowest BCUT2D eigenvalue weighted by Crippen LogP contribution is -2.29. The van der Waals surface area contributed by atoms with Gasteiger partial charge >= 0.3 is 0 Å². The van der Waals surface area contributed by atoms with Crippen molar-refractivity contribution in [3.05, 3.63) is 29.3 Å². The third kappa shape index (κ3) is 2.90. The van der Waals surface area contributed by atoms with Gasteiger partial charge in [-0.2, -0.15) is 4.31 Å². The Morgan fingerprint density at radius 2 is 2.10 bits per heavy atom. The molecule has 1 aliphatic heterocycles. The average Bonchev–Trinajstić information content (AvgIpc) is 2.89. The van der Waals surface area contributed by atoms with Crippen LogP contribution in [0.5, 0.6) is 0 Å². The van der Waals surface area contributed by atoms with Crippen molar-refractivity contribution in [2.45, 2.75) is 38.7 Å². The van der Waals surface area contributed by atoms with Gasteiger partial charge in [-0.1, -0.05) is 19.9 Å². The second kappa shape index (κ2) is 5.84. The molecule has 1 unspecified atom stereocenters. The first kappa shape index (κ1) is 15.5. The van der Waals surface area contributed by atoms with Crippen molar-refractivity contribution in [2.75, 3.05) is 13.1 Å². The van der Waals surface area contributed by atoms with Crippen LogP contribution in [0.3, 0.4) is 0 Å². The molecule has 1 heterocycles. The van der Waals surface area contributed by atoms with Gasteiger partial charge in [0.25, 0.3) is 0 Å². The SMILES string of the molecule is Cc1ccc(S(=O)(=O)N2CCC(C(C)C)C2)cc1CO. The van der Waals surface area contributed by atoms with E-state index in [1.54, 1.807) is 22.5 Å². The van der Waals surface area contributed by atoms with Gasteiger partial charge in [0.15, 0.2) is 0 Å². The minimum absolute atomic E-state index is 0.135. The van der Waals surface area contributed by atoms with E-state index in [1.165, 1.54) is 0 Å². The van der Waals surface area contributed by atoms with Crippen molar-refractivity contribution in [1.82, 2.24) is 4.31 Å². The maximum Gasteiger partial charge on any atom is 0.243 e. The molecule has 20 heavy (non-hydrogen) atoms. The molecule has 0 aromatic heterocycles. The van der Waals surface area contributed by atoms with Crippen molar-refractivity contribution in [2.24, 2.45) is 11.8 Å². The summed E-state index contributed by atoms with van der Waals surface area (Å²) in [4.78, 5) is 0.288. The van der Waals surface area contributed by atoms with Gasteiger partial charge in [-0.25, -0.2) is 8.42 Å². The van der Waals surface area contributed by atoms with E-state index < -0.39 is 10.0 Å². The van der Waals surface area contributed by atoms with Crippen LogP contribution in [0.15, 0.2) is 23.1 Å². The predicted molar refractivity (Wildman–Crippen MR) is 78.8 cm³/mol. The molecule has 0 aliphatic carbocycles. The van der Waals surface area contributed by atoms with Crippen LogP contribution in [-0.4, -0.2) is 30.9 Å². The van der Waals surface area contributed by atoms with Gasteiger partial charge in [0, 0.05) is 13.1 Å². The zero-order chi connectivity index (χ0) is 14.9. The third-order valence-corrected chi connectivity index (χ3v) is 6.12. The monoisotopic (exact) mass is 297 g/mol. The standard InChI is InChI=1S/C15H23NO3S/c1-11(2)13-6-7-16(9-13)20(18,19)15-5-4-12(3)14(8-15)10-17/h4-5,8,11,13,17H,6-7,9-10H2,1-3H3. The van der Waals surface area contributed by atoms with E-state index in [0.29, 0.717) is 30.5 Å². The Bertz CT molecular complexity index is 581. The maximum absolute atomic E-state index is 12.6. The molecule has 1 aromatic carbocycles. The van der Waals surface area contributed by atoms with Crippen molar-refractivity contribution in [3.8, 4) is 0 Å². The highest BCUT2D eigenvalue weighted by atomic mass is 32.2. The molecule has 112 valence electrons. The minimum Gasteiger partial charge on any atom is -0.392 e. The molecule has 0 radical (unpaired) electrons. The second-order valence-electron chi connectivity index (χ2n) is 5.90. The van der Waals surface area contributed by atoms with Crippen LogP contribution in [-0.2, 0) is 16.6 Å². The fraction of sp³-hybridized carbons (Fsp3) is 0.600. The van der Waals surface area contributed by atoms with Crippen molar-refractivity contribution < 1.29 is 13.5 Å². The first-order valence-electron chi connectivity index (χ1n) is 7.06. The molecular weight excluding hydrogens is 274 g/mol. The number of sulfonamides is 1. The van der Waals surface area contributed by atoms with Gasteiger partial charge in [-0.05, 0) is 48.4 Å². The summed E-state index contributed by atoms with van der Waals surface area (Å²) in [6.45, 7) is 7.19. The first-order valence-corrected chi connectivity index (χ1v) is 8.50. The Hall–Kier alpha value is -0.910. The molecule has 1 atom stereocenters. The molecule has 0 bridgehead atoms. The van der Waals surface area contributed by atoms with E-state index in [4.69, 9.17) is 0 Å². The molecule has 1 aromatic rings. The lowest BCUT2D eigenvalue weighted by Gasteiger charge is -2.18. The van der Waals surface area contributed by atoms with Crippen LogP contribution >= 0.6 is 0 Å². The number of benzene rings is 1. The van der Waals surface area contributed by atoms with Crippen molar-refractivity contribution >= 4 is 10.0 Å². The fourth-order valence-electron chi connectivity index (χ4n) is 2.64. The van der Waals surface area contributed by atoms with E-state index in [2.05, 4.69) is 13.8 Å². The number of aliphatic hydroxyl groups excluding tert-OH is 1. The molecule has 5 heteroatoms. The summed E-state index contributed by atoms with van der Waals surface area (Å²) in [5.74, 6) is 0.939. The van der Waals surface area contributed by atoms with Gasteiger partial charge in [-0.3, -0.25) is 0 Å². The summed E-state index contributed by atoms with van der Waals surface area (Å²) in [6.07, 6.45) is 0.926. The number of rotatable bonds is 4. The van der Waals surface area contributed by atoms with Gasteiger partial charge in [0.1, 0.15) is 0 Å². The van der Waals surface area contributed by atoms with E-state index in [9.17, 15) is 13.5 Å². The molecule has 1 N–H and O–H groups in total. The number of hydrogen-bond acceptors (Lipinski definition) is 3. The fourth-order valence-corrected chi connectivity index (χ4v) is 4.21.